The van der Waals surface area contributed by atoms with E-state index in [1.54, 1.807) is 46.4 Å². The number of anilines is 1. The lowest BCUT2D eigenvalue weighted by molar-refractivity contribution is -0.162. The zero-order valence-electron chi connectivity index (χ0n) is 37.0. The van der Waals surface area contributed by atoms with Crippen LogP contribution in [0.5, 0.6) is 0 Å². The summed E-state index contributed by atoms with van der Waals surface area (Å²) in [4.78, 5) is 97.3. The van der Waals surface area contributed by atoms with Crippen molar-refractivity contribution in [1.82, 2.24) is 10.3 Å². The molecule has 336 valence electrons. The number of ketones is 1. The Morgan fingerprint density at radius 3 is 2.10 bits per heavy atom. The third-order valence-corrected chi connectivity index (χ3v) is 13.1. The highest BCUT2D eigenvalue weighted by Gasteiger charge is 2.45. The fourth-order valence-electron chi connectivity index (χ4n) is 7.39. The molecule has 0 unspecified atom stereocenters. The number of aromatic amines is 1. The summed E-state index contributed by atoms with van der Waals surface area (Å²) in [5, 5.41) is 3.52. The standard InChI is InChI=1S/C45H59N4O12P/c1-25(2)26(3)32(17-18-37(46)51)48-39(52)35-21-28-12-10-11-27-13-14-29(40(53)49(35)38(27)28)22-36(50)34-20-31-19-30(15-16-33(31)47-34)41(54)62(57,60-23-58-42(55)44(4,5)6)61-24-59-43(56)45(7,8)9/h10-12,15-16,19-20,25-26,29,32,35,47H,13-14,17-18,21-24H2,1-9H3,(H2,46,51)(H,48,52)/t26-,29+,32-,35-/m0/s1. The number of nitrogens with zero attached hydrogens (tertiary/aromatic N) is 1. The number of Topliss-reactive ketones (excluding diaryl/α,β-unsaturated/α-hetero) is 1. The Balaban J connectivity index is 1.35. The van der Waals surface area contributed by atoms with E-state index in [1.807, 2.05) is 39.0 Å². The van der Waals surface area contributed by atoms with Gasteiger partial charge in [-0.05, 0) is 108 Å². The summed E-state index contributed by atoms with van der Waals surface area (Å²) >= 11 is 0. The molecule has 0 radical (unpaired) electrons. The first-order valence-electron chi connectivity index (χ1n) is 20.9. The van der Waals surface area contributed by atoms with Crippen molar-refractivity contribution in [2.45, 2.75) is 113 Å². The van der Waals surface area contributed by atoms with Crippen LogP contribution in [0.2, 0.25) is 0 Å². The summed E-state index contributed by atoms with van der Waals surface area (Å²) in [5.41, 5.74) is 5.46. The molecular weight excluding hydrogens is 819 g/mol. The highest BCUT2D eigenvalue weighted by Crippen LogP contribution is 2.52. The maximum absolute atomic E-state index is 14.5. The van der Waals surface area contributed by atoms with Crippen molar-refractivity contribution < 1.29 is 56.6 Å². The van der Waals surface area contributed by atoms with E-state index in [2.05, 4.69) is 10.3 Å². The Bertz CT molecular complexity index is 2250. The second-order valence-electron chi connectivity index (χ2n) is 18.6. The van der Waals surface area contributed by atoms with Crippen LogP contribution in [0, 0.1) is 28.6 Å². The van der Waals surface area contributed by atoms with Gasteiger partial charge in [-0.25, -0.2) is 0 Å². The number of nitrogens with one attached hydrogen (secondary N) is 2. The lowest BCUT2D eigenvalue weighted by atomic mass is 9.87. The average molecular weight is 879 g/mol. The van der Waals surface area contributed by atoms with Crippen LogP contribution in [0.4, 0.5) is 5.69 Å². The number of benzene rings is 2. The number of ether oxygens (including phenoxy) is 2. The minimum atomic E-state index is -4.80. The van der Waals surface area contributed by atoms with Gasteiger partial charge >= 0.3 is 19.5 Å². The molecule has 3 aromatic rings. The van der Waals surface area contributed by atoms with Gasteiger partial charge in [0.15, 0.2) is 5.78 Å². The van der Waals surface area contributed by atoms with Crippen LogP contribution in [0.1, 0.15) is 120 Å². The van der Waals surface area contributed by atoms with Gasteiger partial charge in [0, 0.05) is 47.7 Å². The molecule has 0 fully saturated rings. The lowest BCUT2D eigenvalue weighted by Gasteiger charge is -2.32. The quantitative estimate of drug-likeness (QED) is 0.0521. The van der Waals surface area contributed by atoms with Gasteiger partial charge in [0.05, 0.1) is 22.2 Å². The zero-order chi connectivity index (χ0) is 45.9. The van der Waals surface area contributed by atoms with Gasteiger partial charge in [0.2, 0.25) is 31.3 Å². The number of aromatic nitrogens is 1. The van der Waals surface area contributed by atoms with Crippen molar-refractivity contribution in [2.24, 2.45) is 34.3 Å². The highest BCUT2D eigenvalue weighted by molar-refractivity contribution is 7.72. The fourth-order valence-corrected chi connectivity index (χ4v) is 8.54. The number of hydrogen-bond donors (Lipinski definition) is 3. The first kappa shape index (κ1) is 47.9. The van der Waals surface area contributed by atoms with E-state index in [0.717, 1.165) is 11.1 Å². The van der Waals surface area contributed by atoms with Crippen molar-refractivity contribution >= 4 is 65.2 Å². The predicted octanol–water partition coefficient (Wildman–Crippen LogP) is 6.76. The molecule has 1 aromatic heterocycles. The number of carbonyl (C=O) groups excluding carboxylic acids is 7. The molecule has 0 aliphatic carbocycles. The Morgan fingerprint density at radius 1 is 0.903 bits per heavy atom. The average Bonchev–Trinajstić information content (AvgIpc) is 3.78. The molecule has 0 saturated heterocycles. The van der Waals surface area contributed by atoms with Crippen LogP contribution in [0.15, 0.2) is 42.5 Å². The lowest BCUT2D eigenvalue weighted by Crippen LogP contribution is -2.53. The van der Waals surface area contributed by atoms with Crippen LogP contribution in [0.3, 0.4) is 0 Å². The van der Waals surface area contributed by atoms with Gasteiger partial charge in [-0.1, -0.05) is 39.0 Å². The van der Waals surface area contributed by atoms with E-state index in [4.69, 9.17) is 24.3 Å². The van der Waals surface area contributed by atoms with Crippen LogP contribution in [0.25, 0.3) is 10.9 Å². The second kappa shape index (κ2) is 19.1. The van der Waals surface area contributed by atoms with E-state index in [9.17, 15) is 38.1 Å². The van der Waals surface area contributed by atoms with Gasteiger partial charge in [-0.2, -0.15) is 0 Å². The third kappa shape index (κ3) is 11.1. The number of primary amides is 1. The normalized spacial score (nSPS) is 17.6. The molecule has 0 bridgehead atoms. The Labute approximate surface area is 361 Å². The topological polar surface area (TPSA) is 231 Å². The second-order valence-corrected chi connectivity index (χ2v) is 20.5. The number of fused-ring (bicyclic) bond motifs is 1. The summed E-state index contributed by atoms with van der Waals surface area (Å²) in [6, 6.07) is 10.3. The fraction of sp³-hybridized carbons (Fsp3) is 0.533. The first-order valence-corrected chi connectivity index (χ1v) is 22.4. The molecule has 0 spiro atoms. The summed E-state index contributed by atoms with van der Waals surface area (Å²) in [5.74, 6) is -3.44. The number of hydrogen-bond acceptors (Lipinski definition) is 12. The minimum Gasteiger partial charge on any atom is -0.438 e. The summed E-state index contributed by atoms with van der Waals surface area (Å²) in [6.45, 7) is 13.9. The molecule has 5 rings (SSSR count). The van der Waals surface area contributed by atoms with Crippen LogP contribution >= 0.6 is 7.60 Å². The van der Waals surface area contributed by atoms with E-state index in [-0.39, 0.29) is 59.6 Å². The molecule has 2 aliphatic rings. The summed E-state index contributed by atoms with van der Waals surface area (Å²) in [7, 11) is -4.80. The zero-order valence-corrected chi connectivity index (χ0v) is 37.9. The SMILES string of the molecule is CC(C)[C@H](C)[C@H](CCC(N)=O)NC(=O)[C@@H]1Cc2cccc3c2N1C(=O)[C@@H](CC(=O)c1cc2cc(C(=O)P(=O)(OCOC(=O)C(C)(C)C)OCOC(=O)C(C)(C)C)ccc2[nH]1)CC3. The Hall–Kier alpha value is -5.18. The molecule has 3 heterocycles. The number of carbonyl (C=O) groups is 7. The largest absolute Gasteiger partial charge is 0.438 e. The maximum atomic E-state index is 14.5. The van der Waals surface area contributed by atoms with Gasteiger partial charge in [-0.15, -0.1) is 0 Å². The number of esters is 2. The maximum Gasteiger partial charge on any atom is 0.407 e. The smallest absolute Gasteiger partial charge is 0.407 e. The number of H-pyrrole nitrogens is 1. The van der Waals surface area contributed by atoms with Gasteiger partial charge in [0.25, 0.3) is 5.52 Å². The monoisotopic (exact) mass is 878 g/mol. The number of para-hydroxylation sites is 1. The van der Waals surface area contributed by atoms with Crippen LogP contribution in [-0.2, 0) is 59.9 Å². The van der Waals surface area contributed by atoms with Crippen LogP contribution < -0.4 is 16.0 Å². The van der Waals surface area contributed by atoms with Crippen molar-refractivity contribution in [3.05, 3.63) is 64.8 Å². The van der Waals surface area contributed by atoms with Crippen molar-refractivity contribution in [3.63, 3.8) is 0 Å². The molecule has 4 N–H and O–H groups in total. The van der Waals surface area contributed by atoms with Crippen LogP contribution in [-0.4, -0.2) is 71.6 Å². The van der Waals surface area contributed by atoms with Gasteiger partial charge in [0.1, 0.15) is 6.04 Å². The predicted molar refractivity (Wildman–Crippen MR) is 230 cm³/mol. The van der Waals surface area contributed by atoms with Crippen molar-refractivity contribution in [3.8, 4) is 0 Å². The number of rotatable bonds is 18. The molecule has 16 nitrogen and oxygen atoms in total. The van der Waals surface area contributed by atoms with Gasteiger partial charge in [-0.3, -0.25) is 52.1 Å². The number of nitrogens with two attached hydrogens (primary N) is 1. The molecule has 4 atom stereocenters. The summed E-state index contributed by atoms with van der Waals surface area (Å²) < 4.78 is 34.6. The molecular formula is C45H59N4O12P. The Morgan fingerprint density at radius 2 is 1.52 bits per heavy atom. The minimum absolute atomic E-state index is 0.0226. The molecule has 2 aliphatic heterocycles. The van der Waals surface area contributed by atoms with E-state index < -0.39 is 67.3 Å². The van der Waals surface area contributed by atoms with Crippen molar-refractivity contribution in [2.75, 3.05) is 18.5 Å². The highest BCUT2D eigenvalue weighted by atomic mass is 31.2. The molecule has 3 amide bonds. The van der Waals surface area contributed by atoms with Crippen molar-refractivity contribution in [1.29, 1.82) is 0 Å². The molecule has 0 saturated carbocycles. The summed E-state index contributed by atoms with van der Waals surface area (Å²) in [6.07, 6.45) is 1.47. The third-order valence-electron chi connectivity index (χ3n) is 11.4. The number of amides is 3. The molecule has 62 heavy (non-hydrogen) atoms. The van der Waals surface area contributed by atoms with E-state index in [1.165, 1.54) is 24.3 Å². The molecule has 2 aromatic carbocycles. The van der Waals surface area contributed by atoms with E-state index in [0.29, 0.717) is 42.3 Å². The first-order chi connectivity index (χ1) is 28.9. The molecule has 17 heteroatoms. The van der Waals surface area contributed by atoms with Gasteiger partial charge < -0.3 is 25.5 Å². The van der Waals surface area contributed by atoms with E-state index >= 15 is 0 Å². The Kier molecular flexibility index (Phi) is 14.7. The number of aryl methyl sites for hydroxylation is 1.